The van der Waals surface area contributed by atoms with Gasteiger partial charge in [0.15, 0.2) is 0 Å². The molecule has 1 aromatic rings. The van der Waals surface area contributed by atoms with Crippen LogP contribution in [0.4, 0.5) is 0 Å². The number of ether oxygens (including phenoxy) is 1. The lowest BCUT2D eigenvalue weighted by molar-refractivity contribution is -0.136. The number of nitrogens with zero attached hydrogens (tertiary/aromatic N) is 1. The maximum absolute atomic E-state index is 9.38. The average Bonchev–Trinajstić information content (AvgIpc) is 2.64. The van der Waals surface area contributed by atoms with Gasteiger partial charge in [0.2, 0.25) is 0 Å². The molecule has 0 spiro atoms. The van der Waals surface area contributed by atoms with Gasteiger partial charge in [-0.25, -0.2) is 4.98 Å². The van der Waals surface area contributed by atoms with Gasteiger partial charge >= 0.3 is 0 Å². The zero-order valence-electron chi connectivity index (χ0n) is 10.6. The number of thiazole rings is 1. The maximum Gasteiger partial charge on any atom is 0.112 e. The highest BCUT2D eigenvalue weighted by Crippen LogP contribution is 2.29. The lowest BCUT2D eigenvalue weighted by Crippen LogP contribution is -2.55. The zero-order valence-corrected chi connectivity index (χ0v) is 11.4. The van der Waals surface area contributed by atoms with Gasteiger partial charge in [-0.15, -0.1) is 11.3 Å². The van der Waals surface area contributed by atoms with Crippen molar-refractivity contribution in [3.63, 3.8) is 0 Å². The molecular formula is C12H20N2O2S. The molecule has 0 unspecified atom stereocenters. The Morgan fingerprint density at radius 2 is 2.29 bits per heavy atom. The summed E-state index contributed by atoms with van der Waals surface area (Å²) in [5.41, 5.74) is 0.809. The fourth-order valence-corrected chi connectivity index (χ4v) is 2.66. The molecule has 0 amide bonds. The molecule has 0 bridgehead atoms. The number of hydrogen-bond acceptors (Lipinski definition) is 5. The number of aromatic nitrogens is 1. The molecule has 4 nitrogen and oxygen atoms in total. The van der Waals surface area contributed by atoms with E-state index in [-0.39, 0.29) is 17.6 Å². The molecule has 1 aliphatic heterocycles. The Kier molecular flexibility index (Phi) is 3.54. The summed E-state index contributed by atoms with van der Waals surface area (Å²) in [6.45, 7) is 8.46. The minimum atomic E-state index is -0.156. The van der Waals surface area contributed by atoms with Crippen LogP contribution < -0.4 is 5.32 Å². The third kappa shape index (κ3) is 2.68. The number of nitrogens with one attached hydrogen (secondary N) is 1. The summed E-state index contributed by atoms with van der Waals surface area (Å²) in [6.07, 6.45) is 0. The van der Waals surface area contributed by atoms with E-state index >= 15 is 0 Å². The van der Waals surface area contributed by atoms with Crippen LogP contribution in [0.25, 0.3) is 0 Å². The van der Waals surface area contributed by atoms with Gasteiger partial charge in [-0.1, -0.05) is 0 Å². The first kappa shape index (κ1) is 13.0. The first-order valence-corrected chi connectivity index (χ1v) is 6.72. The van der Waals surface area contributed by atoms with E-state index < -0.39 is 0 Å². The summed E-state index contributed by atoms with van der Waals surface area (Å²) in [6, 6.07) is 0. The molecule has 0 radical (unpaired) electrons. The molecule has 0 saturated carbocycles. The van der Waals surface area contributed by atoms with Crippen LogP contribution in [0.5, 0.6) is 0 Å². The number of rotatable bonds is 5. The van der Waals surface area contributed by atoms with Gasteiger partial charge in [-0.2, -0.15) is 0 Å². The van der Waals surface area contributed by atoms with Gasteiger partial charge in [0.25, 0.3) is 0 Å². The summed E-state index contributed by atoms with van der Waals surface area (Å²) in [7, 11) is 0. The van der Waals surface area contributed by atoms with Crippen molar-refractivity contribution in [1.29, 1.82) is 0 Å². The Labute approximate surface area is 106 Å². The highest BCUT2D eigenvalue weighted by Gasteiger charge is 2.39. The fourth-order valence-electron chi connectivity index (χ4n) is 1.77. The van der Waals surface area contributed by atoms with Gasteiger partial charge in [-0.05, 0) is 20.8 Å². The number of aliphatic hydroxyl groups excluding tert-OH is 1. The molecule has 1 fully saturated rings. The molecule has 2 rings (SSSR count). The molecule has 1 aromatic heterocycles. The van der Waals surface area contributed by atoms with Crippen molar-refractivity contribution in [3.8, 4) is 0 Å². The molecule has 2 heterocycles. The van der Waals surface area contributed by atoms with Crippen molar-refractivity contribution in [2.45, 2.75) is 26.3 Å². The molecule has 17 heavy (non-hydrogen) atoms. The minimum Gasteiger partial charge on any atom is -0.396 e. The summed E-state index contributed by atoms with van der Waals surface area (Å²) in [5.74, 6) is 0. The van der Waals surface area contributed by atoms with Crippen molar-refractivity contribution in [2.24, 2.45) is 5.41 Å². The van der Waals surface area contributed by atoms with Gasteiger partial charge in [-0.3, -0.25) is 0 Å². The highest BCUT2D eigenvalue weighted by atomic mass is 32.1. The Bertz CT molecular complexity index is 380. The second-order valence-corrected chi connectivity index (χ2v) is 6.28. The Morgan fingerprint density at radius 3 is 2.71 bits per heavy atom. The lowest BCUT2D eigenvalue weighted by atomic mass is 9.86. The largest absolute Gasteiger partial charge is 0.396 e. The average molecular weight is 256 g/mol. The third-order valence-electron chi connectivity index (χ3n) is 3.21. The van der Waals surface area contributed by atoms with Crippen molar-refractivity contribution in [1.82, 2.24) is 10.3 Å². The topological polar surface area (TPSA) is 54.4 Å². The van der Waals surface area contributed by atoms with Crippen LogP contribution in [0.1, 0.15) is 24.5 Å². The van der Waals surface area contributed by atoms with E-state index in [2.05, 4.69) is 29.5 Å². The van der Waals surface area contributed by atoms with E-state index in [9.17, 15) is 5.11 Å². The number of hydrogen-bond donors (Lipinski definition) is 2. The smallest absolute Gasteiger partial charge is 0.112 e. The molecular weight excluding hydrogens is 236 g/mol. The van der Waals surface area contributed by atoms with Crippen LogP contribution in [-0.2, 0) is 10.3 Å². The summed E-state index contributed by atoms with van der Waals surface area (Å²) in [4.78, 5) is 4.51. The van der Waals surface area contributed by atoms with Crippen LogP contribution in [0.15, 0.2) is 5.38 Å². The first-order valence-electron chi connectivity index (χ1n) is 5.84. The Balaban J connectivity index is 1.97. The van der Waals surface area contributed by atoms with E-state index in [0.717, 1.165) is 17.2 Å². The molecule has 1 aliphatic rings. The van der Waals surface area contributed by atoms with E-state index in [1.54, 1.807) is 11.3 Å². The van der Waals surface area contributed by atoms with Crippen LogP contribution in [0.3, 0.4) is 0 Å². The zero-order chi connectivity index (χ0) is 12.5. The van der Waals surface area contributed by atoms with Crippen LogP contribution >= 0.6 is 11.3 Å². The minimum absolute atomic E-state index is 0.0937. The predicted octanol–water partition coefficient (Wildman–Crippen LogP) is 1.29. The fraction of sp³-hybridized carbons (Fsp3) is 0.750. The molecule has 0 aliphatic carbocycles. The quantitative estimate of drug-likeness (QED) is 0.833. The predicted molar refractivity (Wildman–Crippen MR) is 68.2 cm³/mol. The van der Waals surface area contributed by atoms with Crippen molar-refractivity contribution in [3.05, 3.63) is 16.1 Å². The van der Waals surface area contributed by atoms with Crippen molar-refractivity contribution >= 4 is 11.3 Å². The molecule has 5 heteroatoms. The summed E-state index contributed by atoms with van der Waals surface area (Å²) >= 11 is 1.67. The van der Waals surface area contributed by atoms with Crippen LogP contribution in [0.2, 0.25) is 0 Å². The molecule has 0 aromatic carbocycles. The van der Waals surface area contributed by atoms with Gasteiger partial charge < -0.3 is 15.2 Å². The van der Waals surface area contributed by atoms with E-state index in [4.69, 9.17) is 4.74 Å². The number of aryl methyl sites for hydroxylation is 1. The second kappa shape index (κ2) is 4.65. The first-order chi connectivity index (χ1) is 7.97. The van der Waals surface area contributed by atoms with Gasteiger partial charge in [0, 0.05) is 17.6 Å². The van der Waals surface area contributed by atoms with Gasteiger partial charge in [0.05, 0.1) is 30.8 Å². The van der Waals surface area contributed by atoms with E-state index in [1.165, 1.54) is 0 Å². The highest BCUT2D eigenvalue weighted by molar-refractivity contribution is 7.09. The van der Waals surface area contributed by atoms with Crippen LogP contribution in [0, 0.1) is 12.3 Å². The monoisotopic (exact) mass is 256 g/mol. The molecule has 96 valence electrons. The lowest BCUT2D eigenvalue weighted by Gasteiger charge is -2.42. The Hall–Kier alpha value is -0.490. The Morgan fingerprint density at radius 1 is 1.59 bits per heavy atom. The standard InChI is InChI=1S/C12H20N2O2S/c1-9-4-17-10(14-9)11(2,3)13-5-12(6-15)7-16-8-12/h4,13,15H,5-8H2,1-3H3. The van der Waals surface area contributed by atoms with Gasteiger partial charge in [0.1, 0.15) is 5.01 Å². The van der Waals surface area contributed by atoms with E-state index in [1.807, 2.05) is 6.92 Å². The SMILES string of the molecule is Cc1csc(C(C)(C)NCC2(CO)COC2)n1. The van der Waals surface area contributed by atoms with Crippen molar-refractivity contribution < 1.29 is 9.84 Å². The number of aliphatic hydroxyl groups is 1. The van der Waals surface area contributed by atoms with E-state index in [0.29, 0.717) is 13.2 Å². The summed E-state index contributed by atoms with van der Waals surface area (Å²) < 4.78 is 5.19. The van der Waals surface area contributed by atoms with Crippen molar-refractivity contribution in [2.75, 3.05) is 26.4 Å². The maximum atomic E-state index is 9.38. The molecule has 1 saturated heterocycles. The molecule has 2 N–H and O–H groups in total. The normalized spacial score (nSPS) is 19.1. The third-order valence-corrected chi connectivity index (χ3v) is 4.49. The second-order valence-electron chi connectivity index (χ2n) is 5.42. The summed E-state index contributed by atoms with van der Waals surface area (Å²) in [5, 5.41) is 16.0. The molecule has 0 atom stereocenters. The van der Waals surface area contributed by atoms with Crippen LogP contribution in [-0.4, -0.2) is 36.5 Å².